The summed E-state index contributed by atoms with van der Waals surface area (Å²) in [7, 11) is 4.41. The topological polar surface area (TPSA) is 95.1 Å². The van der Waals surface area contributed by atoms with Gasteiger partial charge in [0.15, 0.2) is 18.1 Å². The Morgan fingerprint density at radius 1 is 0.853 bits per heavy atom. The number of methoxy groups -OCH3 is 3. The lowest BCUT2D eigenvalue weighted by Gasteiger charge is -2.14. The minimum Gasteiger partial charge on any atom is -0.493 e. The van der Waals surface area contributed by atoms with Gasteiger partial charge in [-0.3, -0.25) is 9.59 Å². The van der Waals surface area contributed by atoms with Crippen molar-refractivity contribution in [2.75, 3.05) is 38.6 Å². The second-order valence-corrected chi connectivity index (χ2v) is 7.27. The van der Waals surface area contributed by atoms with Gasteiger partial charge in [0.2, 0.25) is 5.75 Å². The predicted molar refractivity (Wildman–Crippen MR) is 126 cm³/mol. The molecule has 34 heavy (non-hydrogen) atoms. The Balaban J connectivity index is 1.58. The maximum absolute atomic E-state index is 13.2. The molecule has 3 aromatic rings. The highest BCUT2D eigenvalue weighted by molar-refractivity contribution is 6.31. The first-order valence-corrected chi connectivity index (χ1v) is 10.3. The van der Waals surface area contributed by atoms with E-state index in [1.54, 1.807) is 36.4 Å². The lowest BCUT2D eigenvalue weighted by Crippen LogP contribution is -2.20. The molecular formula is C24H22ClFN2O6. The first-order chi connectivity index (χ1) is 16.3. The molecular weight excluding hydrogens is 467 g/mol. The van der Waals surface area contributed by atoms with Crippen LogP contribution in [-0.4, -0.2) is 39.8 Å². The highest BCUT2D eigenvalue weighted by Crippen LogP contribution is 2.38. The Morgan fingerprint density at radius 2 is 1.47 bits per heavy atom. The highest BCUT2D eigenvalue weighted by Gasteiger charge is 2.17. The molecule has 0 radical (unpaired) electrons. The third-order valence-electron chi connectivity index (χ3n) is 4.61. The van der Waals surface area contributed by atoms with Gasteiger partial charge >= 0.3 is 0 Å². The Labute approximate surface area is 200 Å². The molecule has 0 atom stereocenters. The van der Waals surface area contributed by atoms with Crippen molar-refractivity contribution in [3.8, 4) is 23.0 Å². The average Bonchev–Trinajstić information content (AvgIpc) is 2.84. The minimum atomic E-state index is -0.576. The van der Waals surface area contributed by atoms with Crippen molar-refractivity contribution in [2.24, 2.45) is 0 Å². The molecule has 178 valence electrons. The predicted octanol–water partition coefficient (Wildman–Crippen LogP) is 4.77. The zero-order chi connectivity index (χ0) is 24.7. The van der Waals surface area contributed by atoms with Crippen molar-refractivity contribution < 1.29 is 32.9 Å². The van der Waals surface area contributed by atoms with Gasteiger partial charge in [0.1, 0.15) is 11.6 Å². The molecule has 8 nitrogen and oxygen atoms in total. The standard InChI is InChI=1S/C24H22ClFN2O6/c1-31-20-10-14(11-21(32-2)23(20)33-3)24(30)28-15-4-7-17(8-5-15)34-13-22(29)27-16-6-9-19(26)18(25)12-16/h4-12H,13H2,1-3H3,(H,27,29)(H,28,30). The molecule has 0 unspecified atom stereocenters. The van der Waals surface area contributed by atoms with Crippen LogP contribution in [0.3, 0.4) is 0 Å². The quantitative estimate of drug-likeness (QED) is 0.450. The molecule has 3 aromatic carbocycles. The largest absolute Gasteiger partial charge is 0.493 e. The zero-order valence-electron chi connectivity index (χ0n) is 18.6. The Hall–Kier alpha value is -3.98. The van der Waals surface area contributed by atoms with E-state index in [1.165, 1.54) is 33.5 Å². The molecule has 10 heteroatoms. The number of halogens is 2. The third-order valence-corrected chi connectivity index (χ3v) is 4.90. The summed E-state index contributed by atoms with van der Waals surface area (Å²) in [6.45, 7) is -0.272. The van der Waals surface area contributed by atoms with Gasteiger partial charge < -0.3 is 29.6 Å². The van der Waals surface area contributed by atoms with Gasteiger partial charge in [0.05, 0.1) is 26.4 Å². The molecule has 0 aliphatic rings. The third kappa shape index (κ3) is 6.08. The van der Waals surface area contributed by atoms with Crippen LogP contribution in [0.15, 0.2) is 54.6 Å². The number of nitrogens with one attached hydrogen (secondary N) is 2. The normalized spacial score (nSPS) is 10.3. The first kappa shape index (κ1) is 24.7. The molecule has 0 spiro atoms. The van der Waals surface area contributed by atoms with E-state index >= 15 is 0 Å². The summed E-state index contributed by atoms with van der Waals surface area (Å²) in [6.07, 6.45) is 0. The number of hydrogen-bond acceptors (Lipinski definition) is 6. The maximum Gasteiger partial charge on any atom is 0.262 e. The van der Waals surface area contributed by atoms with Crippen LogP contribution in [0.25, 0.3) is 0 Å². The molecule has 0 saturated carbocycles. The zero-order valence-corrected chi connectivity index (χ0v) is 19.4. The van der Waals surface area contributed by atoms with Gasteiger partial charge in [-0.25, -0.2) is 4.39 Å². The van der Waals surface area contributed by atoms with Crippen LogP contribution in [-0.2, 0) is 4.79 Å². The second-order valence-electron chi connectivity index (χ2n) is 6.86. The number of anilines is 2. The molecule has 3 rings (SSSR count). The molecule has 0 aliphatic carbocycles. The summed E-state index contributed by atoms with van der Waals surface area (Å²) in [5.74, 6) is 0.114. The fraction of sp³-hybridized carbons (Fsp3) is 0.167. The fourth-order valence-electron chi connectivity index (χ4n) is 2.97. The first-order valence-electron chi connectivity index (χ1n) is 9.93. The van der Waals surface area contributed by atoms with E-state index in [1.807, 2.05) is 0 Å². The van der Waals surface area contributed by atoms with Crippen molar-refractivity contribution >= 4 is 34.8 Å². The number of hydrogen-bond donors (Lipinski definition) is 2. The molecule has 0 fully saturated rings. The van der Waals surface area contributed by atoms with E-state index in [2.05, 4.69) is 10.6 Å². The van der Waals surface area contributed by atoms with E-state index < -0.39 is 11.7 Å². The number of carbonyl (C=O) groups is 2. The van der Waals surface area contributed by atoms with Crippen LogP contribution < -0.4 is 29.6 Å². The Kier molecular flexibility index (Phi) is 8.15. The second kappa shape index (κ2) is 11.2. The summed E-state index contributed by atoms with van der Waals surface area (Å²) in [4.78, 5) is 24.7. The van der Waals surface area contributed by atoms with Crippen LogP contribution in [0.4, 0.5) is 15.8 Å². The van der Waals surface area contributed by atoms with Crippen molar-refractivity contribution in [3.63, 3.8) is 0 Å². The summed E-state index contributed by atoms with van der Waals surface area (Å²) in [5.41, 5.74) is 1.17. The summed E-state index contributed by atoms with van der Waals surface area (Å²) < 4.78 is 34.5. The number of carbonyl (C=O) groups excluding carboxylic acids is 2. The summed E-state index contributed by atoms with van der Waals surface area (Å²) in [5, 5.41) is 5.23. The van der Waals surface area contributed by atoms with Gasteiger partial charge in [0, 0.05) is 16.9 Å². The van der Waals surface area contributed by atoms with E-state index in [4.69, 9.17) is 30.5 Å². The Bertz CT molecular complexity index is 1160. The molecule has 2 amide bonds. The minimum absolute atomic E-state index is 0.0946. The van der Waals surface area contributed by atoms with Gasteiger partial charge in [-0.15, -0.1) is 0 Å². The van der Waals surface area contributed by atoms with Gasteiger partial charge in [-0.1, -0.05) is 11.6 Å². The lowest BCUT2D eigenvalue weighted by atomic mass is 10.1. The van der Waals surface area contributed by atoms with Crippen LogP contribution in [0.2, 0.25) is 5.02 Å². The highest BCUT2D eigenvalue weighted by atomic mass is 35.5. The Morgan fingerprint density at radius 3 is 2.03 bits per heavy atom. The number of ether oxygens (including phenoxy) is 4. The number of benzene rings is 3. The maximum atomic E-state index is 13.2. The van der Waals surface area contributed by atoms with Gasteiger partial charge in [-0.05, 0) is 54.6 Å². The summed E-state index contributed by atoms with van der Waals surface area (Å²) in [6, 6.07) is 13.4. The fourth-order valence-corrected chi connectivity index (χ4v) is 3.15. The smallest absolute Gasteiger partial charge is 0.262 e. The molecule has 0 aliphatic heterocycles. The van der Waals surface area contributed by atoms with E-state index in [9.17, 15) is 14.0 Å². The van der Waals surface area contributed by atoms with Gasteiger partial charge in [-0.2, -0.15) is 0 Å². The SMILES string of the molecule is COc1cc(C(=O)Nc2ccc(OCC(=O)Nc3ccc(F)c(Cl)c3)cc2)cc(OC)c1OC. The van der Waals surface area contributed by atoms with Crippen molar-refractivity contribution in [1.82, 2.24) is 0 Å². The van der Waals surface area contributed by atoms with E-state index in [0.717, 1.165) is 6.07 Å². The lowest BCUT2D eigenvalue weighted by molar-refractivity contribution is -0.118. The molecule has 0 saturated heterocycles. The molecule has 0 heterocycles. The van der Waals surface area contributed by atoms with Crippen LogP contribution in [0.1, 0.15) is 10.4 Å². The monoisotopic (exact) mass is 488 g/mol. The molecule has 0 bridgehead atoms. The number of amides is 2. The van der Waals surface area contributed by atoms with Crippen LogP contribution in [0, 0.1) is 5.82 Å². The van der Waals surface area contributed by atoms with Crippen molar-refractivity contribution in [2.45, 2.75) is 0 Å². The van der Waals surface area contributed by atoms with E-state index in [-0.39, 0.29) is 17.5 Å². The summed E-state index contributed by atoms with van der Waals surface area (Å²) >= 11 is 5.70. The van der Waals surface area contributed by atoms with Crippen LogP contribution >= 0.6 is 11.6 Å². The van der Waals surface area contributed by atoms with Crippen molar-refractivity contribution in [3.05, 3.63) is 71.0 Å². The molecule has 2 N–H and O–H groups in total. The van der Waals surface area contributed by atoms with E-state index in [0.29, 0.717) is 39.9 Å². The number of rotatable bonds is 9. The van der Waals surface area contributed by atoms with Crippen molar-refractivity contribution in [1.29, 1.82) is 0 Å². The van der Waals surface area contributed by atoms with Gasteiger partial charge in [0.25, 0.3) is 11.8 Å². The molecule has 0 aromatic heterocycles. The average molecular weight is 489 g/mol. The van der Waals surface area contributed by atoms with Crippen LogP contribution in [0.5, 0.6) is 23.0 Å².